The lowest BCUT2D eigenvalue weighted by Gasteiger charge is -2.11. The molecule has 0 saturated heterocycles. The molecule has 0 aliphatic carbocycles. The number of hydrogen-bond donors (Lipinski definition) is 1. The Balaban J connectivity index is 2.13. The second-order valence-electron chi connectivity index (χ2n) is 4.13. The highest BCUT2D eigenvalue weighted by molar-refractivity contribution is 5.30. The fourth-order valence-corrected chi connectivity index (χ4v) is 1.91. The molecule has 0 spiro atoms. The molecule has 0 bridgehead atoms. The molecule has 1 unspecified atom stereocenters. The zero-order valence-corrected chi connectivity index (χ0v) is 10.1. The Labute approximate surface area is 101 Å². The molecular weight excluding hydrogens is 214 g/mol. The molecule has 90 valence electrons. The maximum atomic E-state index is 6.13. The van der Waals surface area contributed by atoms with E-state index >= 15 is 0 Å². The van der Waals surface area contributed by atoms with Crippen molar-refractivity contribution in [2.45, 2.75) is 19.4 Å². The minimum Gasteiger partial charge on any atom is -0.497 e. The van der Waals surface area contributed by atoms with Crippen molar-refractivity contribution in [2.75, 3.05) is 7.11 Å². The molecule has 2 N–H and O–H groups in total. The van der Waals surface area contributed by atoms with Gasteiger partial charge in [0.25, 0.3) is 0 Å². The van der Waals surface area contributed by atoms with Gasteiger partial charge in [0.2, 0.25) is 0 Å². The molecule has 0 amide bonds. The summed E-state index contributed by atoms with van der Waals surface area (Å²) in [6, 6.07) is 9.75. The minimum absolute atomic E-state index is 0.114. The number of furan rings is 1. The van der Waals surface area contributed by atoms with Crippen LogP contribution in [0.4, 0.5) is 0 Å². The molecule has 0 radical (unpaired) electrons. The monoisotopic (exact) mass is 231 g/mol. The molecule has 3 nitrogen and oxygen atoms in total. The van der Waals surface area contributed by atoms with Gasteiger partial charge in [0.05, 0.1) is 19.4 Å². The number of nitrogens with two attached hydrogens (primary N) is 1. The van der Waals surface area contributed by atoms with E-state index in [-0.39, 0.29) is 6.04 Å². The molecular formula is C14H17NO2. The Bertz CT molecular complexity index is 490. The molecule has 1 aromatic heterocycles. The van der Waals surface area contributed by atoms with Crippen LogP contribution in [0.25, 0.3) is 0 Å². The van der Waals surface area contributed by atoms with Crippen LogP contribution >= 0.6 is 0 Å². The van der Waals surface area contributed by atoms with E-state index in [1.165, 1.54) is 0 Å². The first-order chi connectivity index (χ1) is 8.20. The molecule has 17 heavy (non-hydrogen) atoms. The van der Waals surface area contributed by atoms with Crippen molar-refractivity contribution >= 4 is 0 Å². The van der Waals surface area contributed by atoms with E-state index in [0.29, 0.717) is 0 Å². The number of methoxy groups -OCH3 is 1. The Morgan fingerprint density at radius 1 is 1.35 bits per heavy atom. The zero-order chi connectivity index (χ0) is 12.3. The minimum atomic E-state index is -0.114. The molecule has 0 aliphatic heterocycles. The number of aryl methyl sites for hydroxylation is 1. The van der Waals surface area contributed by atoms with Gasteiger partial charge < -0.3 is 14.9 Å². The number of rotatable bonds is 4. The van der Waals surface area contributed by atoms with Gasteiger partial charge in [-0.15, -0.1) is 0 Å². The summed E-state index contributed by atoms with van der Waals surface area (Å²) in [5.41, 5.74) is 8.37. The first-order valence-corrected chi connectivity index (χ1v) is 5.63. The van der Waals surface area contributed by atoms with E-state index in [4.69, 9.17) is 14.9 Å². The molecule has 0 saturated carbocycles. The molecule has 1 heterocycles. The van der Waals surface area contributed by atoms with Gasteiger partial charge in [-0.1, -0.05) is 12.1 Å². The maximum Gasteiger partial charge on any atom is 0.123 e. The van der Waals surface area contributed by atoms with Gasteiger partial charge in [-0.05, 0) is 42.7 Å². The molecule has 0 aliphatic rings. The third kappa shape index (κ3) is 2.68. The quantitative estimate of drug-likeness (QED) is 0.880. The van der Waals surface area contributed by atoms with E-state index < -0.39 is 0 Å². The second kappa shape index (κ2) is 5.06. The van der Waals surface area contributed by atoms with Crippen LogP contribution in [0.1, 0.15) is 22.9 Å². The summed E-state index contributed by atoms with van der Waals surface area (Å²) in [5, 5.41) is 0. The lowest BCUT2D eigenvalue weighted by Crippen LogP contribution is -2.13. The molecule has 0 fully saturated rings. The molecule has 2 aromatic rings. The average molecular weight is 231 g/mol. The van der Waals surface area contributed by atoms with Gasteiger partial charge in [0.1, 0.15) is 11.5 Å². The van der Waals surface area contributed by atoms with Gasteiger partial charge in [0.15, 0.2) is 0 Å². The standard InChI is InChI=1S/C14H17NO2/c1-10-6-7-17-14(10)13(15)9-11-4-3-5-12(8-11)16-2/h3-8,13H,9,15H2,1-2H3. The Hall–Kier alpha value is -1.74. The van der Waals surface area contributed by atoms with Gasteiger partial charge in [-0.3, -0.25) is 0 Å². The maximum absolute atomic E-state index is 6.13. The first kappa shape index (κ1) is 11.7. The molecule has 1 atom stereocenters. The topological polar surface area (TPSA) is 48.4 Å². The zero-order valence-electron chi connectivity index (χ0n) is 10.1. The van der Waals surface area contributed by atoms with Crippen LogP contribution in [0.5, 0.6) is 5.75 Å². The Morgan fingerprint density at radius 2 is 2.18 bits per heavy atom. The SMILES string of the molecule is COc1cccc(CC(N)c2occc2C)c1. The van der Waals surface area contributed by atoms with E-state index in [0.717, 1.165) is 29.1 Å². The Kier molecular flexibility index (Phi) is 3.49. The van der Waals surface area contributed by atoms with Gasteiger partial charge >= 0.3 is 0 Å². The second-order valence-corrected chi connectivity index (χ2v) is 4.13. The highest BCUT2D eigenvalue weighted by Gasteiger charge is 2.13. The average Bonchev–Trinajstić information content (AvgIpc) is 2.76. The van der Waals surface area contributed by atoms with Crippen molar-refractivity contribution in [2.24, 2.45) is 5.73 Å². The van der Waals surface area contributed by atoms with E-state index in [9.17, 15) is 0 Å². The summed E-state index contributed by atoms with van der Waals surface area (Å²) >= 11 is 0. The van der Waals surface area contributed by atoms with Crippen molar-refractivity contribution in [3.8, 4) is 5.75 Å². The third-order valence-corrected chi connectivity index (χ3v) is 2.83. The fourth-order valence-electron chi connectivity index (χ4n) is 1.91. The smallest absolute Gasteiger partial charge is 0.123 e. The highest BCUT2D eigenvalue weighted by Crippen LogP contribution is 2.22. The summed E-state index contributed by atoms with van der Waals surface area (Å²) in [6.45, 7) is 2.00. The van der Waals surface area contributed by atoms with Crippen molar-refractivity contribution in [1.82, 2.24) is 0 Å². The van der Waals surface area contributed by atoms with Crippen molar-refractivity contribution in [3.63, 3.8) is 0 Å². The predicted octanol–water partition coefficient (Wildman–Crippen LogP) is 2.84. The van der Waals surface area contributed by atoms with E-state index in [1.54, 1.807) is 13.4 Å². The number of benzene rings is 1. The van der Waals surface area contributed by atoms with Crippen LogP contribution < -0.4 is 10.5 Å². The van der Waals surface area contributed by atoms with Crippen LogP contribution in [0.3, 0.4) is 0 Å². The van der Waals surface area contributed by atoms with Crippen LogP contribution in [-0.2, 0) is 6.42 Å². The number of ether oxygens (including phenoxy) is 1. The molecule has 3 heteroatoms. The van der Waals surface area contributed by atoms with Gasteiger partial charge in [-0.25, -0.2) is 0 Å². The van der Waals surface area contributed by atoms with Gasteiger partial charge in [-0.2, -0.15) is 0 Å². The fraction of sp³-hybridized carbons (Fsp3) is 0.286. The summed E-state index contributed by atoms with van der Waals surface area (Å²) in [4.78, 5) is 0. The highest BCUT2D eigenvalue weighted by atomic mass is 16.5. The lowest BCUT2D eigenvalue weighted by molar-refractivity contribution is 0.413. The summed E-state index contributed by atoms with van der Waals surface area (Å²) in [5.74, 6) is 1.71. The van der Waals surface area contributed by atoms with Crippen molar-refractivity contribution < 1.29 is 9.15 Å². The van der Waals surface area contributed by atoms with Crippen molar-refractivity contribution in [1.29, 1.82) is 0 Å². The number of hydrogen-bond acceptors (Lipinski definition) is 3. The molecule has 1 aromatic carbocycles. The Morgan fingerprint density at radius 3 is 2.82 bits per heavy atom. The third-order valence-electron chi connectivity index (χ3n) is 2.83. The summed E-state index contributed by atoms with van der Waals surface area (Å²) in [6.07, 6.45) is 2.42. The largest absolute Gasteiger partial charge is 0.497 e. The lowest BCUT2D eigenvalue weighted by atomic mass is 10.0. The van der Waals surface area contributed by atoms with E-state index in [1.807, 2.05) is 37.3 Å². The predicted molar refractivity (Wildman–Crippen MR) is 67.1 cm³/mol. The summed E-state index contributed by atoms with van der Waals surface area (Å²) in [7, 11) is 1.66. The van der Waals surface area contributed by atoms with Crippen LogP contribution in [0.15, 0.2) is 41.0 Å². The van der Waals surface area contributed by atoms with Crippen LogP contribution in [0.2, 0.25) is 0 Å². The normalized spacial score (nSPS) is 12.4. The van der Waals surface area contributed by atoms with E-state index in [2.05, 4.69) is 0 Å². The van der Waals surface area contributed by atoms with Crippen molar-refractivity contribution in [3.05, 3.63) is 53.5 Å². The summed E-state index contributed by atoms with van der Waals surface area (Å²) < 4.78 is 10.6. The first-order valence-electron chi connectivity index (χ1n) is 5.63. The molecule has 2 rings (SSSR count). The van der Waals surface area contributed by atoms with Gasteiger partial charge in [0, 0.05) is 0 Å². The van der Waals surface area contributed by atoms with Crippen LogP contribution in [-0.4, -0.2) is 7.11 Å². The van der Waals surface area contributed by atoms with Crippen LogP contribution in [0, 0.1) is 6.92 Å².